The van der Waals surface area contributed by atoms with Gasteiger partial charge in [-0.3, -0.25) is 9.59 Å². The van der Waals surface area contributed by atoms with Crippen LogP contribution in [-0.2, 0) is 14.3 Å². The van der Waals surface area contributed by atoms with Crippen molar-refractivity contribution in [1.82, 2.24) is 15.5 Å². The second kappa shape index (κ2) is 12.3. The molecule has 0 aliphatic carbocycles. The summed E-state index contributed by atoms with van der Waals surface area (Å²) < 4.78 is 5.45. The van der Waals surface area contributed by atoms with Crippen LogP contribution in [-0.4, -0.2) is 57.5 Å². The zero-order chi connectivity index (χ0) is 28.1. The van der Waals surface area contributed by atoms with Crippen LogP contribution < -0.4 is 10.6 Å². The molecule has 204 valence electrons. The van der Waals surface area contributed by atoms with Crippen molar-refractivity contribution in [3.63, 3.8) is 0 Å². The summed E-state index contributed by atoms with van der Waals surface area (Å²) in [6.45, 7) is 20.7. The number of hydrogen-bond donors (Lipinski definition) is 2. The van der Waals surface area contributed by atoms with Gasteiger partial charge in [0.15, 0.2) is 0 Å². The molecule has 1 aromatic rings. The number of hydrogen-bond acceptors (Lipinski definition) is 5. The van der Waals surface area contributed by atoms with Crippen molar-refractivity contribution in [1.29, 1.82) is 0 Å². The first-order chi connectivity index (χ1) is 16.3. The van der Waals surface area contributed by atoms with E-state index in [0.29, 0.717) is 12.2 Å². The molecule has 0 saturated carbocycles. The first-order valence-corrected chi connectivity index (χ1v) is 13.9. The van der Waals surface area contributed by atoms with E-state index in [1.165, 1.54) is 0 Å². The third-order valence-electron chi connectivity index (χ3n) is 5.38. The van der Waals surface area contributed by atoms with Gasteiger partial charge in [0.2, 0.25) is 11.8 Å². The SMILES string of the molecule is CSCCC(NC(=O)OC(C)(C)C)C(=O)N(C(C(=O)NC(C)(C)C)c1c(C)cccc1C)C(C)(C)C. The number of ether oxygens (including phenoxy) is 1. The molecule has 2 atom stereocenters. The summed E-state index contributed by atoms with van der Waals surface area (Å²) >= 11 is 1.59. The summed E-state index contributed by atoms with van der Waals surface area (Å²) in [5.74, 6) is 0.0788. The minimum absolute atomic E-state index is 0.260. The maximum absolute atomic E-state index is 14.3. The number of thioether (sulfide) groups is 1. The Kier molecular flexibility index (Phi) is 10.9. The standard InChI is InChI=1S/C28H47N3O4S/c1-18-14-13-15-19(2)21(18)22(23(32)30-26(3,4)5)31(27(6,7)8)24(33)20(16-17-36-12)29-25(34)35-28(9,10)11/h13-15,20,22H,16-17H2,1-12H3,(H,29,34)(H,30,32). The van der Waals surface area contributed by atoms with Crippen LogP contribution in [0.2, 0.25) is 0 Å². The van der Waals surface area contributed by atoms with E-state index >= 15 is 0 Å². The molecule has 0 saturated heterocycles. The molecule has 1 aromatic carbocycles. The molecule has 0 radical (unpaired) electrons. The van der Waals surface area contributed by atoms with Gasteiger partial charge in [0.1, 0.15) is 17.7 Å². The van der Waals surface area contributed by atoms with Crippen molar-refractivity contribution >= 4 is 29.7 Å². The quantitative estimate of drug-likeness (QED) is 0.469. The first-order valence-electron chi connectivity index (χ1n) is 12.5. The number of amides is 3. The fourth-order valence-corrected chi connectivity index (χ4v) is 4.50. The molecule has 0 aromatic heterocycles. The van der Waals surface area contributed by atoms with Gasteiger partial charge in [0.05, 0.1) is 0 Å². The van der Waals surface area contributed by atoms with E-state index in [4.69, 9.17) is 4.74 Å². The molecule has 2 N–H and O–H groups in total. The number of carbonyl (C=O) groups is 3. The van der Waals surface area contributed by atoms with Crippen molar-refractivity contribution in [2.24, 2.45) is 0 Å². The number of carbonyl (C=O) groups excluding carboxylic acids is 3. The topological polar surface area (TPSA) is 87.7 Å². The largest absolute Gasteiger partial charge is 0.444 e. The Morgan fingerprint density at radius 1 is 0.972 bits per heavy atom. The van der Waals surface area contributed by atoms with Crippen molar-refractivity contribution < 1.29 is 19.1 Å². The second-order valence-corrected chi connectivity index (χ2v) is 13.3. The third-order valence-corrected chi connectivity index (χ3v) is 6.02. The van der Waals surface area contributed by atoms with Gasteiger partial charge in [-0.2, -0.15) is 11.8 Å². The second-order valence-electron chi connectivity index (χ2n) is 12.3. The number of nitrogens with one attached hydrogen (secondary N) is 2. The summed E-state index contributed by atoms with van der Waals surface area (Å²) in [5.41, 5.74) is 0.723. The molecule has 2 unspecified atom stereocenters. The molecule has 8 heteroatoms. The van der Waals surface area contributed by atoms with E-state index in [2.05, 4.69) is 10.6 Å². The van der Waals surface area contributed by atoms with E-state index in [1.807, 2.05) is 79.8 Å². The van der Waals surface area contributed by atoms with Crippen LogP contribution in [0.15, 0.2) is 18.2 Å². The number of rotatable bonds is 8. The molecule has 0 heterocycles. The molecule has 0 spiro atoms. The number of alkyl carbamates (subject to hydrolysis) is 1. The normalized spacial score (nSPS) is 14.0. The minimum Gasteiger partial charge on any atom is -0.444 e. The lowest BCUT2D eigenvalue weighted by Crippen LogP contribution is -2.60. The Morgan fingerprint density at radius 2 is 1.50 bits per heavy atom. The predicted octanol–water partition coefficient (Wildman–Crippen LogP) is 5.53. The van der Waals surface area contributed by atoms with E-state index in [-0.39, 0.29) is 11.8 Å². The fraction of sp³-hybridized carbons (Fsp3) is 0.679. The molecule has 7 nitrogen and oxygen atoms in total. The van der Waals surface area contributed by atoms with Crippen molar-refractivity contribution in [3.8, 4) is 0 Å². The van der Waals surface area contributed by atoms with Crippen LogP contribution in [0.5, 0.6) is 0 Å². The average Bonchev–Trinajstić information content (AvgIpc) is 2.66. The van der Waals surface area contributed by atoms with Gasteiger partial charge in [0.25, 0.3) is 0 Å². The number of benzene rings is 1. The Morgan fingerprint density at radius 3 is 1.92 bits per heavy atom. The lowest BCUT2D eigenvalue weighted by atomic mass is 9.89. The highest BCUT2D eigenvalue weighted by Gasteiger charge is 2.43. The highest BCUT2D eigenvalue weighted by atomic mass is 32.2. The summed E-state index contributed by atoms with van der Waals surface area (Å²) in [6, 6.07) is 4.13. The van der Waals surface area contributed by atoms with Gasteiger partial charge >= 0.3 is 6.09 Å². The molecule has 0 bridgehead atoms. The van der Waals surface area contributed by atoms with E-state index < -0.39 is 34.9 Å². The highest BCUT2D eigenvalue weighted by molar-refractivity contribution is 7.98. The maximum atomic E-state index is 14.3. The molecule has 0 aliphatic heterocycles. The molecular weight excluding hydrogens is 474 g/mol. The zero-order valence-corrected chi connectivity index (χ0v) is 25.1. The molecule has 36 heavy (non-hydrogen) atoms. The summed E-state index contributed by atoms with van der Waals surface area (Å²) in [6.07, 6.45) is 1.71. The first kappa shape index (κ1) is 31.8. The zero-order valence-electron chi connectivity index (χ0n) is 24.3. The minimum atomic E-state index is -0.879. The Bertz CT molecular complexity index is 906. The Balaban J connectivity index is 3.68. The Hall–Kier alpha value is -2.22. The van der Waals surface area contributed by atoms with Crippen molar-refractivity contribution in [3.05, 3.63) is 34.9 Å². The van der Waals surface area contributed by atoms with E-state index in [0.717, 1.165) is 16.7 Å². The van der Waals surface area contributed by atoms with Crippen LogP contribution in [0.4, 0.5) is 4.79 Å². The maximum Gasteiger partial charge on any atom is 0.408 e. The third kappa shape index (κ3) is 9.68. The summed E-state index contributed by atoms with van der Waals surface area (Å²) in [7, 11) is 0. The van der Waals surface area contributed by atoms with Gasteiger partial charge in [0, 0.05) is 11.1 Å². The van der Waals surface area contributed by atoms with Gasteiger partial charge in [-0.15, -0.1) is 0 Å². The molecule has 3 amide bonds. The molecule has 0 aliphatic rings. The lowest BCUT2D eigenvalue weighted by molar-refractivity contribution is -0.149. The van der Waals surface area contributed by atoms with Crippen LogP contribution in [0, 0.1) is 13.8 Å². The molecule has 1 rings (SSSR count). The Labute approximate surface area is 222 Å². The van der Waals surface area contributed by atoms with E-state index in [9.17, 15) is 14.4 Å². The highest BCUT2D eigenvalue weighted by Crippen LogP contribution is 2.34. The summed E-state index contributed by atoms with van der Waals surface area (Å²) in [5, 5.41) is 5.87. The predicted molar refractivity (Wildman–Crippen MR) is 149 cm³/mol. The summed E-state index contributed by atoms with van der Waals surface area (Å²) in [4.78, 5) is 42.5. The number of aryl methyl sites for hydroxylation is 2. The molecular formula is C28H47N3O4S. The number of nitrogens with zero attached hydrogens (tertiary/aromatic N) is 1. The monoisotopic (exact) mass is 521 g/mol. The average molecular weight is 522 g/mol. The van der Waals surface area contributed by atoms with Gasteiger partial charge in [-0.1, -0.05) is 18.2 Å². The van der Waals surface area contributed by atoms with E-state index in [1.54, 1.807) is 37.4 Å². The van der Waals surface area contributed by atoms with Gasteiger partial charge in [-0.05, 0) is 111 Å². The van der Waals surface area contributed by atoms with Crippen LogP contribution in [0.3, 0.4) is 0 Å². The fourth-order valence-electron chi connectivity index (χ4n) is 4.03. The van der Waals surface area contributed by atoms with Crippen molar-refractivity contribution in [2.75, 3.05) is 12.0 Å². The van der Waals surface area contributed by atoms with Crippen molar-refractivity contribution in [2.45, 2.75) is 111 Å². The van der Waals surface area contributed by atoms with Crippen LogP contribution in [0.1, 0.15) is 91.5 Å². The smallest absolute Gasteiger partial charge is 0.408 e. The lowest BCUT2D eigenvalue weighted by Gasteiger charge is -2.44. The van der Waals surface area contributed by atoms with Crippen LogP contribution >= 0.6 is 11.8 Å². The van der Waals surface area contributed by atoms with Crippen LogP contribution in [0.25, 0.3) is 0 Å². The van der Waals surface area contributed by atoms with Gasteiger partial charge < -0.3 is 20.3 Å². The molecule has 0 fully saturated rings. The van der Waals surface area contributed by atoms with Gasteiger partial charge in [-0.25, -0.2) is 4.79 Å².